The molecule has 1 heterocycles. The SMILES string of the molecule is C/C(=N\NC(=O)c1ccc(Cl)cc1Cl)c1ccncc1. The van der Waals surface area contributed by atoms with Crippen LogP contribution in [0.1, 0.15) is 22.8 Å². The van der Waals surface area contributed by atoms with Gasteiger partial charge in [0.05, 0.1) is 16.3 Å². The summed E-state index contributed by atoms with van der Waals surface area (Å²) in [6.45, 7) is 1.79. The summed E-state index contributed by atoms with van der Waals surface area (Å²) in [7, 11) is 0. The highest BCUT2D eigenvalue weighted by atomic mass is 35.5. The molecule has 6 heteroatoms. The minimum Gasteiger partial charge on any atom is -0.267 e. The van der Waals surface area contributed by atoms with Gasteiger partial charge in [-0.1, -0.05) is 23.2 Å². The van der Waals surface area contributed by atoms with E-state index in [1.54, 1.807) is 43.6 Å². The van der Waals surface area contributed by atoms with Crippen LogP contribution in [0.25, 0.3) is 0 Å². The molecule has 0 atom stereocenters. The molecular weight excluding hydrogens is 297 g/mol. The normalized spacial score (nSPS) is 11.2. The third-order valence-electron chi connectivity index (χ3n) is 2.60. The summed E-state index contributed by atoms with van der Waals surface area (Å²) in [5, 5.41) is 4.79. The Morgan fingerprint density at radius 3 is 2.55 bits per heavy atom. The fourth-order valence-electron chi connectivity index (χ4n) is 1.53. The number of nitrogens with zero attached hydrogens (tertiary/aromatic N) is 2. The molecule has 1 aromatic carbocycles. The van der Waals surface area contributed by atoms with Crippen molar-refractivity contribution in [2.75, 3.05) is 0 Å². The minimum absolute atomic E-state index is 0.284. The van der Waals surface area contributed by atoms with Gasteiger partial charge in [0.1, 0.15) is 0 Å². The second-order valence-corrected chi connectivity index (χ2v) is 4.84. The molecule has 1 aromatic heterocycles. The van der Waals surface area contributed by atoms with Gasteiger partial charge in [-0.2, -0.15) is 5.10 Å². The monoisotopic (exact) mass is 307 g/mol. The number of hydrogen-bond acceptors (Lipinski definition) is 3. The molecule has 0 aliphatic heterocycles. The van der Waals surface area contributed by atoms with E-state index < -0.39 is 0 Å². The zero-order chi connectivity index (χ0) is 14.5. The van der Waals surface area contributed by atoms with Crippen molar-refractivity contribution in [3.05, 3.63) is 63.9 Å². The van der Waals surface area contributed by atoms with E-state index in [0.717, 1.165) is 5.56 Å². The first-order valence-corrected chi connectivity index (χ1v) is 6.53. The third kappa shape index (κ3) is 3.56. The number of carbonyl (C=O) groups is 1. The summed E-state index contributed by atoms with van der Waals surface area (Å²) in [5.41, 5.74) is 4.33. The molecule has 4 nitrogen and oxygen atoms in total. The van der Waals surface area contributed by atoms with Crippen LogP contribution in [-0.2, 0) is 0 Å². The van der Waals surface area contributed by atoms with Crippen LogP contribution in [0.5, 0.6) is 0 Å². The maximum Gasteiger partial charge on any atom is 0.272 e. The summed E-state index contributed by atoms with van der Waals surface area (Å²) in [6.07, 6.45) is 3.32. The Balaban J connectivity index is 2.12. The lowest BCUT2D eigenvalue weighted by atomic mass is 10.2. The number of hydrazone groups is 1. The average molecular weight is 308 g/mol. The van der Waals surface area contributed by atoms with E-state index in [0.29, 0.717) is 16.3 Å². The molecule has 2 rings (SSSR count). The van der Waals surface area contributed by atoms with Gasteiger partial charge >= 0.3 is 0 Å². The first-order valence-electron chi connectivity index (χ1n) is 5.78. The van der Waals surface area contributed by atoms with Gasteiger partial charge < -0.3 is 0 Å². The molecule has 0 fully saturated rings. The number of hydrogen-bond donors (Lipinski definition) is 1. The molecule has 102 valence electrons. The topological polar surface area (TPSA) is 54.4 Å². The number of nitrogens with one attached hydrogen (secondary N) is 1. The maximum absolute atomic E-state index is 12.0. The fourth-order valence-corrected chi connectivity index (χ4v) is 2.02. The van der Waals surface area contributed by atoms with E-state index in [1.807, 2.05) is 0 Å². The standard InChI is InChI=1S/C14H11Cl2N3O/c1-9(10-4-6-17-7-5-10)18-19-14(20)12-3-2-11(15)8-13(12)16/h2-8H,1H3,(H,19,20)/b18-9+. The summed E-state index contributed by atoms with van der Waals surface area (Å²) in [4.78, 5) is 15.9. The quantitative estimate of drug-likeness (QED) is 0.696. The van der Waals surface area contributed by atoms with Crippen molar-refractivity contribution in [2.45, 2.75) is 6.92 Å². The Kier molecular flexibility index (Phi) is 4.71. The highest BCUT2D eigenvalue weighted by Crippen LogP contribution is 2.20. The molecule has 0 aliphatic rings. The second-order valence-electron chi connectivity index (χ2n) is 4.00. The zero-order valence-corrected chi connectivity index (χ0v) is 12.1. The van der Waals surface area contributed by atoms with E-state index in [1.165, 1.54) is 6.07 Å². The Morgan fingerprint density at radius 1 is 1.20 bits per heavy atom. The molecule has 0 aliphatic carbocycles. The predicted octanol–water partition coefficient (Wildman–Crippen LogP) is 3.54. The lowest BCUT2D eigenvalue weighted by Crippen LogP contribution is -2.19. The summed E-state index contributed by atoms with van der Waals surface area (Å²) >= 11 is 11.7. The van der Waals surface area contributed by atoms with E-state index in [9.17, 15) is 4.79 Å². The van der Waals surface area contributed by atoms with Crippen LogP contribution in [0.2, 0.25) is 10.0 Å². The van der Waals surface area contributed by atoms with Crippen molar-refractivity contribution in [1.29, 1.82) is 0 Å². The number of aromatic nitrogens is 1. The molecule has 1 N–H and O–H groups in total. The number of pyridine rings is 1. The lowest BCUT2D eigenvalue weighted by molar-refractivity contribution is 0.0955. The maximum atomic E-state index is 12.0. The molecule has 2 aromatic rings. The van der Waals surface area contributed by atoms with Gasteiger partial charge in [0.25, 0.3) is 5.91 Å². The Labute approximate surface area is 126 Å². The van der Waals surface area contributed by atoms with Gasteiger partial charge in [-0.15, -0.1) is 0 Å². The Hall–Kier alpha value is -1.91. The number of amides is 1. The summed E-state index contributed by atoms with van der Waals surface area (Å²) in [5.74, 6) is -0.389. The van der Waals surface area contributed by atoms with Crippen molar-refractivity contribution < 1.29 is 4.79 Å². The summed E-state index contributed by atoms with van der Waals surface area (Å²) < 4.78 is 0. The smallest absolute Gasteiger partial charge is 0.267 e. The highest BCUT2D eigenvalue weighted by molar-refractivity contribution is 6.36. The number of rotatable bonds is 3. The summed E-state index contributed by atoms with van der Waals surface area (Å²) in [6, 6.07) is 8.27. The Morgan fingerprint density at radius 2 is 1.90 bits per heavy atom. The first-order chi connectivity index (χ1) is 9.58. The number of halogens is 2. The van der Waals surface area contributed by atoms with E-state index in [2.05, 4.69) is 15.5 Å². The largest absolute Gasteiger partial charge is 0.272 e. The van der Waals surface area contributed by atoms with Crippen LogP contribution in [0.15, 0.2) is 47.8 Å². The van der Waals surface area contributed by atoms with E-state index in [4.69, 9.17) is 23.2 Å². The molecule has 0 unspecified atom stereocenters. The van der Waals surface area contributed by atoms with Crippen LogP contribution >= 0.6 is 23.2 Å². The fraction of sp³-hybridized carbons (Fsp3) is 0.0714. The van der Waals surface area contributed by atoms with Crippen LogP contribution in [0.4, 0.5) is 0 Å². The van der Waals surface area contributed by atoms with Crippen molar-refractivity contribution in [1.82, 2.24) is 10.4 Å². The molecule has 20 heavy (non-hydrogen) atoms. The van der Waals surface area contributed by atoms with Gasteiger partial charge in [-0.3, -0.25) is 9.78 Å². The van der Waals surface area contributed by atoms with E-state index in [-0.39, 0.29) is 10.9 Å². The predicted molar refractivity (Wildman–Crippen MR) is 80.4 cm³/mol. The molecule has 0 bridgehead atoms. The highest BCUT2D eigenvalue weighted by Gasteiger charge is 2.10. The molecular formula is C14H11Cl2N3O. The van der Waals surface area contributed by atoms with Crippen LogP contribution < -0.4 is 5.43 Å². The molecule has 0 saturated heterocycles. The minimum atomic E-state index is -0.389. The van der Waals surface area contributed by atoms with E-state index >= 15 is 0 Å². The van der Waals surface area contributed by atoms with Gasteiger partial charge in [0, 0.05) is 23.0 Å². The molecule has 0 spiro atoms. The molecule has 0 saturated carbocycles. The third-order valence-corrected chi connectivity index (χ3v) is 3.15. The molecule has 0 radical (unpaired) electrons. The van der Waals surface area contributed by atoms with Gasteiger partial charge in [-0.05, 0) is 37.3 Å². The van der Waals surface area contributed by atoms with Crippen molar-refractivity contribution in [3.8, 4) is 0 Å². The van der Waals surface area contributed by atoms with Gasteiger partial charge in [0.2, 0.25) is 0 Å². The first kappa shape index (κ1) is 14.5. The average Bonchev–Trinajstić information content (AvgIpc) is 2.45. The van der Waals surface area contributed by atoms with Crippen LogP contribution in [-0.4, -0.2) is 16.6 Å². The van der Waals surface area contributed by atoms with Crippen molar-refractivity contribution >= 4 is 34.8 Å². The van der Waals surface area contributed by atoms with Crippen LogP contribution in [0, 0.1) is 0 Å². The van der Waals surface area contributed by atoms with Gasteiger partial charge in [0.15, 0.2) is 0 Å². The lowest BCUT2D eigenvalue weighted by Gasteiger charge is -2.04. The van der Waals surface area contributed by atoms with Crippen LogP contribution in [0.3, 0.4) is 0 Å². The Bertz CT molecular complexity index is 657. The second kappa shape index (κ2) is 6.50. The van der Waals surface area contributed by atoms with Crippen molar-refractivity contribution in [2.24, 2.45) is 5.10 Å². The zero-order valence-electron chi connectivity index (χ0n) is 10.6. The number of benzene rings is 1. The van der Waals surface area contributed by atoms with Crippen molar-refractivity contribution in [3.63, 3.8) is 0 Å². The number of carbonyl (C=O) groups excluding carboxylic acids is 1. The molecule has 1 amide bonds. The van der Waals surface area contributed by atoms with Gasteiger partial charge in [-0.25, -0.2) is 5.43 Å².